The number of hydrogen-bond acceptors (Lipinski definition) is 5. The average molecular weight is 499 g/mol. The zero-order chi connectivity index (χ0) is 24.6. The first-order valence-corrected chi connectivity index (χ1v) is 11.6. The molecule has 5 aromatic rings. The maximum atomic E-state index is 12.9. The number of pyridine rings is 2. The van der Waals surface area contributed by atoms with Crippen molar-refractivity contribution in [2.75, 3.05) is 23.4 Å². The molecule has 0 unspecified atom stereocenters. The molecule has 36 heavy (non-hydrogen) atoms. The van der Waals surface area contributed by atoms with Crippen LogP contribution in [0.25, 0.3) is 21.8 Å². The molecule has 8 nitrogen and oxygen atoms in total. The Hall–Kier alpha value is -4.56. The fourth-order valence-corrected chi connectivity index (χ4v) is 4.41. The molecule has 2 N–H and O–H groups in total. The second-order valence-electron chi connectivity index (χ2n) is 8.20. The summed E-state index contributed by atoms with van der Waals surface area (Å²) in [6.45, 7) is 0.746. The van der Waals surface area contributed by atoms with Crippen molar-refractivity contribution in [2.45, 2.75) is 0 Å². The van der Waals surface area contributed by atoms with E-state index >= 15 is 0 Å². The molecule has 3 heterocycles. The zero-order valence-electron chi connectivity index (χ0n) is 18.8. The lowest BCUT2D eigenvalue weighted by molar-refractivity contribution is 0.250. The van der Waals surface area contributed by atoms with Gasteiger partial charge in [-0.3, -0.25) is 9.69 Å². The number of carbonyl (C=O) groups is 1. The molecule has 3 aromatic carbocycles. The number of benzene rings is 3. The number of halogens is 1. The van der Waals surface area contributed by atoms with Gasteiger partial charge in [-0.2, -0.15) is 0 Å². The summed E-state index contributed by atoms with van der Waals surface area (Å²) < 4.78 is 12.1. The van der Waals surface area contributed by atoms with Gasteiger partial charge in [0.05, 0.1) is 17.6 Å². The van der Waals surface area contributed by atoms with Crippen LogP contribution in [0.1, 0.15) is 0 Å². The lowest BCUT2D eigenvalue weighted by Crippen LogP contribution is -2.40. The highest BCUT2D eigenvalue weighted by molar-refractivity contribution is 6.30. The molecule has 2 aromatic heterocycles. The second kappa shape index (κ2) is 8.90. The average Bonchev–Trinajstić information content (AvgIpc) is 2.89. The molecule has 1 aliphatic rings. The Morgan fingerprint density at radius 1 is 1.06 bits per heavy atom. The van der Waals surface area contributed by atoms with Gasteiger partial charge in [0.2, 0.25) is 0 Å². The number of fused-ring (bicyclic) bond motifs is 4. The summed E-state index contributed by atoms with van der Waals surface area (Å²) in [7, 11) is 0. The van der Waals surface area contributed by atoms with Crippen molar-refractivity contribution >= 4 is 50.8 Å². The lowest BCUT2D eigenvalue weighted by Gasteiger charge is -2.30. The molecular weight excluding hydrogens is 480 g/mol. The number of aromatic amines is 1. The highest BCUT2D eigenvalue weighted by atomic mass is 35.5. The Morgan fingerprint density at radius 2 is 1.86 bits per heavy atom. The summed E-state index contributed by atoms with van der Waals surface area (Å²) in [5.41, 5.74) is 1.51. The van der Waals surface area contributed by atoms with Gasteiger partial charge < -0.3 is 19.8 Å². The smallest absolute Gasteiger partial charge is 0.326 e. The van der Waals surface area contributed by atoms with Crippen molar-refractivity contribution in [3.05, 3.63) is 94.4 Å². The molecule has 0 spiro atoms. The van der Waals surface area contributed by atoms with Crippen LogP contribution in [0.2, 0.25) is 5.02 Å². The number of ether oxygens (including phenoxy) is 2. The summed E-state index contributed by atoms with van der Waals surface area (Å²) in [4.78, 5) is 34.1. The van der Waals surface area contributed by atoms with Gasteiger partial charge >= 0.3 is 6.03 Å². The first kappa shape index (κ1) is 21.9. The minimum Gasteiger partial charge on any atom is -0.489 e. The van der Waals surface area contributed by atoms with E-state index in [-0.39, 0.29) is 11.6 Å². The van der Waals surface area contributed by atoms with Gasteiger partial charge in [0.15, 0.2) is 0 Å². The lowest BCUT2D eigenvalue weighted by atomic mass is 10.1. The third kappa shape index (κ3) is 3.97. The highest BCUT2D eigenvalue weighted by Gasteiger charge is 2.24. The molecule has 0 bridgehead atoms. The Bertz CT molecular complexity index is 1680. The molecule has 0 aliphatic carbocycles. The van der Waals surface area contributed by atoms with Crippen molar-refractivity contribution in [1.82, 2.24) is 9.97 Å². The van der Waals surface area contributed by atoms with E-state index in [1.165, 1.54) is 0 Å². The van der Waals surface area contributed by atoms with Gasteiger partial charge in [-0.25, -0.2) is 9.78 Å². The number of urea groups is 1. The topological polar surface area (TPSA) is 96.6 Å². The Labute approximate surface area is 210 Å². The summed E-state index contributed by atoms with van der Waals surface area (Å²) >= 11 is 5.93. The van der Waals surface area contributed by atoms with E-state index in [0.29, 0.717) is 63.2 Å². The fourth-order valence-electron chi connectivity index (χ4n) is 4.28. The number of rotatable bonds is 3. The molecule has 2 amide bonds. The Morgan fingerprint density at radius 3 is 2.69 bits per heavy atom. The maximum Gasteiger partial charge on any atom is 0.326 e. The number of amides is 2. The third-order valence-electron chi connectivity index (χ3n) is 5.95. The summed E-state index contributed by atoms with van der Waals surface area (Å²) in [5, 5.41) is 5.48. The SMILES string of the molecule is O=C(Nc1ccc(Cl)cc1)N1CCOc2cc(Oc3ccnc4[nH]c(=O)c5ccccc5c34)ccc21. The largest absolute Gasteiger partial charge is 0.489 e. The highest BCUT2D eigenvalue weighted by Crippen LogP contribution is 2.38. The van der Waals surface area contributed by atoms with Crippen LogP contribution in [-0.2, 0) is 0 Å². The van der Waals surface area contributed by atoms with Crippen molar-refractivity contribution in [3.8, 4) is 17.2 Å². The van der Waals surface area contributed by atoms with Crippen molar-refractivity contribution < 1.29 is 14.3 Å². The molecule has 1 aliphatic heterocycles. The monoisotopic (exact) mass is 498 g/mol. The third-order valence-corrected chi connectivity index (χ3v) is 6.20. The molecule has 0 saturated carbocycles. The van der Waals surface area contributed by atoms with Crippen LogP contribution < -0.4 is 25.2 Å². The molecule has 9 heteroatoms. The number of hydrogen-bond donors (Lipinski definition) is 2. The van der Waals surface area contributed by atoms with Crippen LogP contribution in [0.3, 0.4) is 0 Å². The summed E-state index contributed by atoms with van der Waals surface area (Å²) in [5.74, 6) is 1.60. The second-order valence-corrected chi connectivity index (χ2v) is 8.64. The van der Waals surface area contributed by atoms with E-state index < -0.39 is 0 Å². The van der Waals surface area contributed by atoms with E-state index in [1.807, 2.05) is 18.2 Å². The van der Waals surface area contributed by atoms with E-state index in [2.05, 4.69) is 15.3 Å². The van der Waals surface area contributed by atoms with Gasteiger partial charge in [0.1, 0.15) is 29.5 Å². The van der Waals surface area contributed by atoms with E-state index in [4.69, 9.17) is 21.1 Å². The molecule has 0 saturated heterocycles. The van der Waals surface area contributed by atoms with Gasteiger partial charge in [-0.15, -0.1) is 0 Å². The predicted molar refractivity (Wildman–Crippen MR) is 140 cm³/mol. The number of nitrogens with zero attached hydrogens (tertiary/aromatic N) is 2. The normalized spacial score (nSPS) is 12.8. The molecule has 0 fully saturated rings. The Balaban J connectivity index is 1.32. The molecule has 6 rings (SSSR count). The minimum absolute atomic E-state index is 0.207. The van der Waals surface area contributed by atoms with Crippen LogP contribution in [-0.4, -0.2) is 29.2 Å². The summed E-state index contributed by atoms with van der Waals surface area (Å²) in [6, 6.07) is 21.0. The maximum absolute atomic E-state index is 12.9. The van der Waals surface area contributed by atoms with E-state index in [9.17, 15) is 9.59 Å². The number of anilines is 2. The first-order chi connectivity index (χ1) is 17.6. The van der Waals surface area contributed by atoms with Crippen LogP contribution in [0.5, 0.6) is 17.2 Å². The standard InChI is InChI=1S/C27H19ClN4O4/c28-16-5-7-17(8-6-16)30-27(34)32-13-14-35-23-15-18(9-10-21(23)32)36-22-11-12-29-25-24(22)19-3-1-2-4-20(19)26(33)31-25/h1-12,15H,13-14H2,(H,30,34)(H,29,31,33). The van der Waals surface area contributed by atoms with Gasteiger partial charge in [0, 0.05) is 33.7 Å². The van der Waals surface area contributed by atoms with Crippen LogP contribution in [0.4, 0.5) is 16.2 Å². The molecule has 0 radical (unpaired) electrons. The van der Waals surface area contributed by atoms with Crippen molar-refractivity contribution in [1.29, 1.82) is 0 Å². The first-order valence-electron chi connectivity index (χ1n) is 11.3. The fraction of sp³-hybridized carbons (Fsp3) is 0.0741. The predicted octanol–water partition coefficient (Wildman–Crippen LogP) is 5.95. The molecule has 0 atom stereocenters. The van der Waals surface area contributed by atoms with Crippen LogP contribution in [0.15, 0.2) is 83.8 Å². The van der Waals surface area contributed by atoms with Gasteiger partial charge in [-0.1, -0.05) is 29.8 Å². The number of carbonyl (C=O) groups excluding carboxylic acids is 1. The number of nitrogens with one attached hydrogen (secondary N) is 2. The van der Waals surface area contributed by atoms with Crippen molar-refractivity contribution in [3.63, 3.8) is 0 Å². The van der Waals surface area contributed by atoms with E-state index in [0.717, 1.165) is 5.39 Å². The molecular formula is C27H19ClN4O4. The van der Waals surface area contributed by atoms with Crippen molar-refractivity contribution in [2.24, 2.45) is 0 Å². The number of aromatic nitrogens is 2. The number of H-pyrrole nitrogens is 1. The van der Waals surface area contributed by atoms with E-state index in [1.54, 1.807) is 65.7 Å². The van der Waals surface area contributed by atoms with Crippen LogP contribution in [0, 0.1) is 0 Å². The zero-order valence-corrected chi connectivity index (χ0v) is 19.6. The minimum atomic E-state index is -0.272. The van der Waals surface area contributed by atoms with Crippen LogP contribution >= 0.6 is 11.6 Å². The van der Waals surface area contributed by atoms with Gasteiger partial charge in [0.25, 0.3) is 5.56 Å². The molecule has 178 valence electrons. The Kier molecular flexibility index (Phi) is 5.42. The van der Waals surface area contributed by atoms with Gasteiger partial charge in [-0.05, 0) is 48.5 Å². The quantitative estimate of drug-likeness (QED) is 0.299. The summed E-state index contributed by atoms with van der Waals surface area (Å²) in [6.07, 6.45) is 1.58.